The largest absolute Gasteiger partial charge is 0.370 e. The van der Waals surface area contributed by atoms with Crippen LogP contribution in [0.25, 0.3) is 0 Å². The van der Waals surface area contributed by atoms with Gasteiger partial charge in [-0.2, -0.15) is 0 Å². The summed E-state index contributed by atoms with van der Waals surface area (Å²) in [5.74, 6) is 0. The molecule has 0 radical (unpaired) electrons. The smallest absolute Gasteiger partial charge is 0.321 e. The van der Waals surface area contributed by atoms with Gasteiger partial charge in [-0.15, -0.1) is 11.3 Å². The molecule has 23 heavy (non-hydrogen) atoms. The molecule has 2 aromatic rings. The number of rotatable bonds is 4. The molecule has 6 heteroatoms. The van der Waals surface area contributed by atoms with Gasteiger partial charge < -0.3 is 15.1 Å². The standard InChI is InChI=1S/C17H22N4OS/c1-20(11-14-12-23-13-18-14)17(22)19-15-7-3-4-8-16(15)21-9-5-2-6-10-21/h3-4,7-8,12-13H,2,5-6,9-11H2,1H3,(H,19,22). The van der Waals surface area contributed by atoms with Crippen LogP contribution in [-0.2, 0) is 6.54 Å². The summed E-state index contributed by atoms with van der Waals surface area (Å²) in [6.07, 6.45) is 3.72. The molecule has 0 aliphatic carbocycles. The molecule has 3 rings (SSSR count). The molecule has 5 nitrogen and oxygen atoms in total. The molecule has 1 N–H and O–H groups in total. The molecule has 122 valence electrons. The molecular formula is C17H22N4OS. The number of aromatic nitrogens is 1. The summed E-state index contributed by atoms with van der Waals surface area (Å²) in [6.45, 7) is 2.63. The van der Waals surface area contributed by atoms with Gasteiger partial charge in [0, 0.05) is 25.5 Å². The molecule has 1 aromatic heterocycles. The first-order valence-electron chi connectivity index (χ1n) is 7.97. The van der Waals surface area contributed by atoms with Crippen molar-refractivity contribution in [3.8, 4) is 0 Å². The highest BCUT2D eigenvalue weighted by Crippen LogP contribution is 2.28. The van der Waals surface area contributed by atoms with Gasteiger partial charge in [-0.05, 0) is 31.4 Å². The Labute approximate surface area is 140 Å². The van der Waals surface area contributed by atoms with Crippen molar-refractivity contribution >= 4 is 28.7 Å². The predicted octanol–water partition coefficient (Wildman–Crippen LogP) is 3.80. The topological polar surface area (TPSA) is 48.5 Å². The van der Waals surface area contributed by atoms with Crippen LogP contribution in [0.3, 0.4) is 0 Å². The van der Waals surface area contributed by atoms with Gasteiger partial charge in [-0.1, -0.05) is 12.1 Å². The van der Waals surface area contributed by atoms with Gasteiger partial charge >= 0.3 is 6.03 Å². The minimum absolute atomic E-state index is 0.109. The lowest BCUT2D eigenvalue weighted by molar-refractivity contribution is 0.220. The Morgan fingerprint density at radius 3 is 2.83 bits per heavy atom. The average Bonchev–Trinajstić information content (AvgIpc) is 3.09. The summed E-state index contributed by atoms with van der Waals surface area (Å²) < 4.78 is 0. The molecule has 2 amide bonds. The summed E-state index contributed by atoms with van der Waals surface area (Å²) in [6, 6.07) is 7.93. The van der Waals surface area contributed by atoms with Gasteiger partial charge in [0.2, 0.25) is 0 Å². The Morgan fingerprint density at radius 2 is 2.09 bits per heavy atom. The third-order valence-corrected chi connectivity index (χ3v) is 4.71. The normalized spacial score (nSPS) is 14.6. The number of nitrogens with zero attached hydrogens (tertiary/aromatic N) is 3. The maximum absolute atomic E-state index is 12.4. The number of para-hydroxylation sites is 2. The van der Waals surface area contributed by atoms with Gasteiger partial charge in [0.25, 0.3) is 0 Å². The first kappa shape index (κ1) is 15.8. The number of piperidine rings is 1. The maximum atomic E-state index is 12.4. The monoisotopic (exact) mass is 330 g/mol. The lowest BCUT2D eigenvalue weighted by Crippen LogP contribution is -2.33. The van der Waals surface area contributed by atoms with E-state index in [1.165, 1.54) is 19.3 Å². The van der Waals surface area contributed by atoms with Crippen molar-refractivity contribution in [2.45, 2.75) is 25.8 Å². The van der Waals surface area contributed by atoms with Crippen LogP contribution in [0.5, 0.6) is 0 Å². The van der Waals surface area contributed by atoms with E-state index in [1.807, 2.05) is 23.6 Å². The number of carbonyl (C=O) groups is 1. The molecule has 2 heterocycles. The van der Waals surface area contributed by atoms with E-state index in [-0.39, 0.29) is 6.03 Å². The summed E-state index contributed by atoms with van der Waals surface area (Å²) in [4.78, 5) is 20.7. The van der Waals surface area contributed by atoms with Crippen molar-refractivity contribution in [3.05, 3.63) is 40.8 Å². The highest BCUT2D eigenvalue weighted by atomic mass is 32.1. The highest BCUT2D eigenvalue weighted by molar-refractivity contribution is 7.07. The average molecular weight is 330 g/mol. The number of hydrogen-bond acceptors (Lipinski definition) is 4. The second kappa shape index (κ2) is 7.46. The Bertz CT molecular complexity index is 638. The molecule has 0 atom stereocenters. The summed E-state index contributed by atoms with van der Waals surface area (Å²) in [5.41, 5.74) is 4.69. The van der Waals surface area contributed by atoms with Crippen LogP contribution in [0.4, 0.5) is 16.2 Å². The molecule has 1 aliphatic heterocycles. The first-order valence-corrected chi connectivity index (χ1v) is 8.91. The SMILES string of the molecule is CN(Cc1cscn1)C(=O)Nc1ccccc1N1CCCCC1. The van der Waals surface area contributed by atoms with E-state index in [0.717, 1.165) is 30.2 Å². The van der Waals surface area contributed by atoms with E-state index in [4.69, 9.17) is 0 Å². The van der Waals surface area contributed by atoms with Crippen LogP contribution in [0.2, 0.25) is 0 Å². The molecule has 1 aliphatic rings. The number of amides is 2. The Kier molecular flexibility index (Phi) is 5.12. The van der Waals surface area contributed by atoms with Crippen molar-refractivity contribution in [3.63, 3.8) is 0 Å². The van der Waals surface area contributed by atoms with E-state index in [2.05, 4.69) is 21.3 Å². The zero-order chi connectivity index (χ0) is 16.1. The lowest BCUT2D eigenvalue weighted by atomic mass is 10.1. The van der Waals surface area contributed by atoms with Gasteiger partial charge in [0.1, 0.15) is 0 Å². The van der Waals surface area contributed by atoms with E-state index in [1.54, 1.807) is 28.8 Å². The van der Waals surface area contributed by atoms with Crippen LogP contribution >= 0.6 is 11.3 Å². The van der Waals surface area contributed by atoms with Crippen molar-refractivity contribution in [1.29, 1.82) is 0 Å². The number of anilines is 2. The van der Waals surface area contributed by atoms with Crippen molar-refractivity contribution < 1.29 is 4.79 Å². The lowest BCUT2D eigenvalue weighted by Gasteiger charge is -2.31. The molecule has 0 saturated carbocycles. The Morgan fingerprint density at radius 1 is 1.30 bits per heavy atom. The molecule has 1 fully saturated rings. The second-order valence-corrected chi connectivity index (χ2v) is 6.55. The number of benzene rings is 1. The van der Waals surface area contributed by atoms with E-state index < -0.39 is 0 Å². The summed E-state index contributed by atoms with van der Waals surface area (Å²) in [5, 5.41) is 5.00. The van der Waals surface area contributed by atoms with Gasteiger partial charge in [0.15, 0.2) is 0 Å². The fraction of sp³-hybridized carbons (Fsp3) is 0.412. The minimum Gasteiger partial charge on any atom is -0.370 e. The number of hydrogen-bond donors (Lipinski definition) is 1. The first-order chi connectivity index (χ1) is 11.2. The second-order valence-electron chi connectivity index (χ2n) is 5.83. The maximum Gasteiger partial charge on any atom is 0.321 e. The molecule has 1 aromatic carbocycles. The number of thiazole rings is 1. The van der Waals surface area contributed by atoms with E-state index >= 15 is 0 Å². The Hall–Kier alpha value is -2.08. The van der Waals surface area contributed by atoms with Crippen LogP contribution in [-0.4, -0.2) is 36.1 Å². The summed E-state index contributed by atoms with van der Waals surface area (Å²) in [7, 11) is 1.79. The number of nitrogens with one attached hydrogen (secondary N) is 1. The fourth-order valence-corrected chi connectivity index (χ4v) is 3.38. The molecule has 0 unspecified atom stereocenters. The number of carbonyl (C=O) groups excluding carboxylic acids is 1. The molecule has 1 saturated heterocycles. The predicted molar refractivity (Wildman–Crippen MR) is 95.1 cm³/mol. The quantitative estimate of drug-likeness (QED) is 0.927. The third kappa shape index (κ3) is 4.01. The highest BCUT2D eigenvalue weighted by Gasteiger charge is 2.17. The summed E-state index contributed by atoms with van der Waals surface area (Å²) >= 11 is 1.54. The molecule has 0 spiro atoms. The molecule has 0 bridgehead atoms. The van der Waals surface area contributed by atoms with Crippen molar-refractivity contribution in [2.24, 2.45) is 0 Å². The number of urea groups is 1. The Balaban J connectivity index is 1.68. The van der Waals surface area contributed by atoms with Crippen LogP contribution < -0.4 is 10.2 Å². The van der Waals surface area contributed by atoms with Crippen molar-refractivity contribution in [2.75, 3.05) is 30.4 Å². The van der Waals surface area contributed by atoms with Gasteiger partial charge in [-0.25, -0.2) is 9.78 Å². The fourth-order valence-electron chi connectivity index (χ4n) is 2.83. The van der Waals surface area contributed by atoms with Gasteiger partial charge in [0.05, 0.1) is 29.1 Å². The zero-order valence-corrected chi connectivity index (χ0v) is 14.2. The third-order valence-electron chi connectivity index (χ3n) is 4.07. The van der Waals surface area contributed by atoms with E-state index in [0.29, 0.717) is 6.54 Å². The van der Waals surface area contributed by atoms with Crippen molar-refractivity contribution in [1.82, 2.24) is 9.88 Å². The van der Waals surface area contributed by atoms with Gasteiger partial charge in [-0.3, -0.25) is 0 Å². The van der Waals surface area contributed by atoms with Crippen LogP contribution in [0.1, 0.15) is 25.0 Å². The van der Waals surface area contributed by atoms with Crippen LogP contribution in [0.15, 0.2) is 35.2 Å². The van der Waals surface area contributed by atoms with E-state index in [9.17, 15) is 4.79 Å². The minimum atomic E-state index is -0.109. The zero-order valence-electron chi connectivity index (χ0n) is 13.4. The van der Waals surface area contributed by atoms with Crippen LogP contribution in [0, 0.1) is 0 Å². The molecular weight excluding hydrogens is 308 g/mol.